The van der Waals surface area contributed by atoms with Crippen LogP contribution < -0.4 is 4.90 Å². The zero-order chi connectivity index (χ0) is 39.4. The van der Waals surface area contributed by atoms with Gasteiger partial charge in [0.05, 0.1) is 11.1 Å². The molecule has 290 valence electrons. The molecule has 1 N–H and O–H groups in total. The Morgan fingerprint density at radius 1 is 0.789 bits per heavy atom. The van der Waals surface area contributed by atoms with Gasteiger partial charge in [-0.2, -0.15) is 0 Å². The minimum absolute atomic E-state index is 0.00576. The van der Waals surface area contributed by atoms with Crippen LogP contribution in [0.3, 0.4) is 0 Å². The van der Waals surface area contributed by atoms with Crippen LogP contribution >= 0.6 is 11.3 Å². The van der Waals surface area contributed by atoms with Crippen LogP contribution in [0, 0.1) is 0 Å². The van der Waals surface area contributed by atoms with Crippen molar-refractivity contribution in [2.24, 2.45) is 0 Å². The number of carbonyl (C=O) groups is 3. The third-order valence-electron chi connectivity index (χ3n) is 13.4. The van der Waals surface area contributed by atoms with Crippen LogP contribution in [0.5, 0.6) is 0 Å². The molecule has 0 spiro atoms. The predicted octanol–water partition coefficient (Wildman–Crippen LogP) is 13.4. The van der Waals surface area contributed by atoms with Crippen LogP contribution in [0.25, 0.3) is 27.6 Å². The zero-order valence-electron chi connectivity index (χ0n) is 33.3. The highest BCUT2D eigenvalue weighted by atomic mass is 32.1. The number of allylic oxidation sites excluding steroid dienone is 1. The Kier molecular flexibility index (Phi) is 9.89. The lowest BCUT2D eigenvalue weighted by Crippen LogP contribution is -2.27. The Bertz CT molecular complexity index is 2460. The van der Waals surface area contributed by atoms with E-state index in [2.05, 4.69) is 92.4 Å². The Morgan fingerprint density at radius 2 is 1.54 bits per heavy atom. The van der Waals surface area contributed by atoms with Crippen molar-refractivity contribution in [3.8, 4) is 21.6 Å². The molecular formula is C51H51NO4S. The number of carboxylic acid groups (broad SMARTS) is 1. The van der Waals surface area contributed by atoms with Gasteiger partial charge in [0.25, 0.3) is 0 Å². The molecule has 0 radical (unpaired) electrons. The fraction of sp³-hybridized carbons (Fsp3) is 0.353. The highest BCUT2D eigenvalue weighted by Gasteiger charge is 2.45. The van der Waals surface area contributed by atoms with Crippen LogP contribution in [0.15, 0.2) is 90.5 Å². The van der Waals surface area contributed by atoms with Gasteiger partial charge in [0.15, 0.2) is 11.6 Å². The number of rotatable bonds is 13. The van der Waals surface area contributed by atoms with Crippen molar-refractivity contribution >= 4 is 46.3 Å². The number of thiophene rings is 1. The van der Waals surface area contributed by atoms with Gasteiger partial charge in [0, 0.05) is 49.6 Å². The Morgan fingerprint density at radius 3 is 2.32 bits per heavy atom. The third-order valence-corrected chi connectivity index (χ3v) is 14.6. The molecule has 6 heteroatoms. The molecule has 1 fully saturated rings. The molecule has 2 unspecified atom stereocenters. The van der Waals surface area contributed by atoms with Crippen LogP contribution in [0.1, 0.15) is 156 Å². The quantitative estimate of drug-likeness (QED) is 0.0952. The first-order chi connectivity index (χ1) is 27.8. The molecule has 5 aromatic rings. The highest BCUT2D eigenvalue weighted by Crippen LogP contribution is 2.58. The number of fused-ring (bicyclic) bond motifs is 7. The maximum atomic E-state index is 13.5. The fourth-order valence-electron chi connectivity index (χ4n) is 10.6. The summed E-state index contributed by atoms with van der Waals surface area (Å²) in [7, 11) is 0. The SMILES string of the molecule is CCCCc1cc(-c2ccc3c(c2)C2CCCC2N3c2ccc3c(c2)-c2ccccc2C3(CCCC)CCCC)sc1/C=C1\C(=O)c2ccc(C(=O)O)cc2C1=O. The van der Waals surface area contributed by atoms with E-state index < -0.39 is 11.8 Å². The number of hydrogen-bond donors (Lipinski definition) is 1. The Hall–Kier alpha value is -5.07. The summed E-state index contributed by atoms with van der Waals surface area (Å²) in [5, 5.41) is 9.50. The summed E-state index contributed by atoms with van der Waals surface area (Å²) in [6.07, 6.45) is 15.5. The van der Waals surface area contributed by atoms with Crippen molar-refractivity contribution < 1.29 is 19.5 Å². The van der Waals surface area contributed by atoms with Crippen LogP contribution in [-0.2, 0) is 11.8 Å². The molecule has 4 aromatic carbocycles. The number of carboxylic acids is 1. The van der Waals surface area contributed by atoms with Crippen LogP contribution in [0.2, 0.25) is 0 Å². The van der Waals surface area contributed by atoms with E-state index in [1.165, 1.54) is 121 Å². The lowest BCUT2D eigenvalue weighted by Gasteiger charge is -2.33. The number of unbranched alkanes of at least 4 members (excludes halogenated alkanes) is 3. The normalized spacial score (nSPS) is 19.2. The minimum atomic E-state index is -1.12. The molecule has 4 aliphatic rings. The molecule has 0 amide bonds. The van der Waals surface area contributed by atoms with Crippen LogP contribution in [-0.4, -0.2) is 28.7 Å². The van der Waals surface area contributed by atoms with E-state index in [9.17, 15) is 19.5 Å². The average molecular weight is 774 g/mol. The molecule has 0 bridgehead atoms. The van der Waals surface area contributed by atoms with Gasteiger partial charge in [-0.15, -0.1) is 11.3 Å². The van der Waals surface area contributed by atoms with Gasteiger partial charge in [-0.3, -0.25) is 9.59 Å². The van der Waals surface area contributed by atoms with Gasteiger partial charge in [0.2, 0.25) is 0 Å². The van der Waals surface area contributed by atoms with Crippen molar-refractivity contribution in [3.05, 3.63) is 134 Å². The molecule has 5 nitrogen and oxygen atoms in total. The highest BCUT2D eigenvalue weighted by molar-refractivity contribution is 7.16. The van der Waals surface area contributed by atoms with Gasteiger partial charge in [-0.25, -0.2) is 4.79 Å². The van der Waals surface area contributed by atoms with E-state index in [1.807, 2.05) is 0 Å². The first-order valence-corrected chi connectivity index (χ1v) is 22.1. The largest absolute Gasteiger partial charge is 0.478 e. The summed E-state index contributed by atoms with van der Waals surface area (Å²) >= 11 is 1.64. The molecule has 1 aromatic heterocycles. The van der Waals surface area contributed by atoms with E-state index in [1.54, 1.807) is 17.4 Å². The molecule has 1 saturated carbocycles. The van der Waals surface area contributed by atoms with E-state index >= 15 is 0 Å². The predicted molar refractivity (Wildman–Crippen MR) is 233 cm³/mol. The number of benzene rings is 4. The zero-order valence-corrected chi connectivity index (χ0v) is 34.1. The van der Waals surface area contributed by atoms with Crippen molar-refractivity contribution in [2.75, 3.05) is 4.90 Å². The van der Waals surface area contributed by atoms with Crippen molar-refractivity contribution in [1.82, 2.24) is 0 Å². The van der Waals surface area contributed by atoms with Gasteiger partial charge < -0.3 is 10.0 Å². The number of aryl methyl sites for hydroxylation is 1. The second-order valence-corrected chi connectivity index (χ2v) is 17.8. The van der Waals surface area contributed by atoms with Gasteiger partial charge >= 0.3 is 5.97 Å². The van der Waals surface area contributed by atoms with Crippen LogP contribution in [0.4, 0.5) is 11.4 Å². The summed E-state index contributed by atoms with van der Waals surface area (Å²) in [4.78, 5) is 43.3. The summed E-state index contributed by atoms with van der Waals surface area (Å²) < 4.78 is 0. The summed E-state index contributed by atoms with van der Waals surface area (Å²) in [5.74, 6) is -1.39. The number of ketones is 2. The fourth-order valence-corrected chi connectivity index (χ4v) is 11.7. The lowest BCUT2D eigenvalue weighted by atomic mass is 9.71. The van der Waals surface area contributed by atoms with Gasteiger partial charge in [-0.05, 0) is 132 Å². The lowest BCUT2D eigenvalue weighted by molar-refractivity contribution is 0.0696. The number of anilines is 2. The Labute approximate surface area is 340 Å². The average Bonchev–Trinajstić information content (AvgIpc) is 4.04. The standard InChI is InChI=1S/C51H51NO4S/c1-4-7-13-31-28-46(57-47(31)30-41-48(53)37-21-18-33(50(55)56)27-40(37)49(41)54)32-19-23-45-39(26-32)36-15-12-17-44(36)52(45)34-20-22-43-38(29-34)35-14-10-11-16-42(35)51(43,24-8-5-2)25-9-6-3/h10-11,14,16,18-23,26-30,36,44H,4-9,12-13,15,17,24-25H2,1-3H3,(H,55,56)/b41-30+. The van der Waals surface area contributed by atoms with Gasteiger partial charge in [-0.1, -0.05) is 95.7 Å². The number of hydrogen-bond acceptors (Lipinski definition) is 5. The van der Waals surface area contributed by atoms with E-state index in [4.69, 9.17) is 0 Å². The summed E-state index contributed by atoms with van der Waals surface area (Å²) in [6, 6.07) is 30.5. The molecule has 3 aliphatic carbocycles. The van der Waals surface area contributed by atoms with Crippen molar-refractivity contribution in [3.63, 3.8) is 0 Å². The van der Waals surface area contributed by atoms with E-state index in [0.29, 0.717) is 12.0 Å². The second kappa shape index (κ2) is 15.0. The van der Waals surface area contributed by atoms with Crippen molar-refractivity contribution in [1.29, 1.82) is 0 Å². The number of Topliss-reactive ketones (excluding diaryl/α,β-unsaturated/α-hetero) is 2. The molecule has 1 aliphatic heterocycles. The smallest absolute Gasteiger partial charge is 0.335 e. The number of aromatic carboxylic acids is 1. The second-order valence-electron chi connectivity index (χ2n) is 16.7. The molecule has 2 heterocycles. The summed E-state index contributed by atoms with van der Waals surface area (Å²) in [6.45, 7) is 6.80. The maximum Gasteiger partial charge on any atom is 0.335 e. The molecule has 57 heavy (non-hydrogen) atoms. The monoisotopic (exact) mass is 773 g/mol. The Balaban J connectivity index is 1.08. The maximum absolute atomic E-state index is 13.5. The molecule has 9 rings (SSSR count). The van der Waals surface area contributed by atoms with Gasteiger partial charge in [0.1, 0.15) is 0 Å². The topological polar surface area (TPSA) is 74.7 Å². The van der Waals surface area contributed by atoms with E-state index in [0.717, 1.165) is 34.6 Å². The van der Waals surface area contributed by atoms with E-state index in [-0.39, 0.29) is 33.5 Å². The first-order valence-electron chi connectivity index (χ1n) is 21.3. The molecule has 2 atom stereocenters. The number of nitrogens with zero attached hydrogens (tertiary/aromatic N) is 1. The van der Waals surface area contributed by atoms with Crippen molar-refractivity contribution in [2.45, 2.75) is 115 Å². The molecular weight excluding hydrogens is 723 g/mol. The minimum Gasteiger partial charge on any atom is -0.478 e. The first kappa shape index (κ1) is 37.5. The third kappa shape index (κ3) is 6.14. The number of carbonyl (C=O) groups excluding carboxylic acids is 2. The molecule has 0 saturated heterocycles. The summed E-state index contributed by atoms with van der Waals surface area (Å²) in [5.41, 5.74) is 12.9.